The first-order valence-corrected chi connectivity index (χ1v) is 6.41. The Morgan fingerprint density at radius 3 is 2.29 bits per heavy atom. The highest BCUT2D eigenvalue weighted by Crippen LogP contribution is 2.02. The van der Waals surface area contributed by atoms with E-state index < -0.39 is 0 Å². The van der Waals surface area contributed by atoms with E-state index in [4.69, 9.17) is 0 Å². The molecule has 0 bridgehead atoms. The third kappa shape index (κ3) is 4.28. The van der Waals surface area contributed by atoms with Crippen LogP contribution in [0.25, 0.3) is 0 Å². The van der Waals surface area contributed by atoms with Crippen LogP contribution in [0.5, 0.6) is 0 Å². The fourth-order valence-corrected chi connectivity index (χ4v) is 1.65. The molecule has 21 heavy (non-hydrogen) atoms. The third-order valence-corrected chi connectivity index (χ3v) is 2.72. The summed E-state index contributed by atoms with van der Waals surface area (Å²) in [5.74, 6) is -0.420. The Labute approximate surface area is 122 Å². The molecule has 0 atom stereocenters. The van der Waals surface area contributed by atoms with Gasteiger partial charge in [0, 0.05) is 35.3 Å². The van der Waals surface area contributed by atoms with Crippen molar-refractivity contribution < 1.29 is 9.59 Å². The van der Waals surface area contributed by atoms with Crippen molar-refractivity contribution in [2.24, 2.45) is 0 Å². The van der Waals surface area contributed by atoms with Crippen molar-refractivity contribution >= 4 is 11.7 Å². The second-order valence-electron chi connectivity index (χ2n) is 4.37. The third-order valence-electron chi connectivity index (χ3n) is 2.72. The smallest absolute Gasteiger partial charge is 0.269 e. The molecule has 1 heterocycles. The van der Waals surface area contributed by atoms with E-state index in [0.717, 1.165) is 0 Å². The molecule has 0 aliphatic heterocycles. The first-order chi connectivity index (χ1) is 10.2. The first kappa shape index (κ1) is 14.5. The summed E-state index contributed by atoms with van der Waals surface area (Å²) in [6.45, 7) is 1.70. The van der Waals surface area contributed by atoms with E-state index in [0.29, 0.717) is 16.8 Å². The van der Waals surface area contributed by atoms with E-state index in [2.05, 4.69) is 15.8 Å². The van der Waals surface area contributed by atoms with Gasteiger partial charge in [0.1, 0.15) is 0 Å². The maximum Gasteiger partial charge on any atom is 0.269 e. The highest BCUT2D eigenvalue weighted by atomic mass is 16.2. The van der Waals surface area contributed by atoms with Gasteiger partial charge in [0.05, 0.1) is 0 Å². The van der Waals surface area contributed by atoms with Gasteiger partial charge in [-0.3, -0.25) is 20.0 Å². The number of benzene rings is 1. The minimum Gasteiger partial charge on any atom is -0.303 e. The van der Waals surface area contributed by atoms with Crippen LogP contribution in [0.1, 0.15) is 27.6 Å². The summed E-state index contributed by atoms with van der Waals surface area (Å²) in [5.41, 5.74) is 6.85. The van der Waals surface area contributed by atoms with E-state index >= 15 is 0 Å². The fourth-order valence-electron chi connectivity index (χ4n) is 1.65. The molecule has 2 rings (SSSR count). The molecule has 0 fully saturated rings. The quantitative estimate of drug-likeness (QED) is 0.500. The lowest BCUT2D eigenvalue weighted by molar-refractivity contribution is 0.0936. The van der Waals surface area contributed by atoms with Crippen LogP contribution in [-0.4, -0.2) is 16.7 Å². The molecule has 2 N–H and O–H groups in total. The molecular formula is C16H15N3O2. The van der Waals surface area contributed by atoms with Gasteiger partial charge in [-0.1, -0.05) is 30.3 Å². The monoisotopic (exact) mass is 281 g/mol. The second kappa shape index (κ2) is 7.00. The van der Waals surface area contributed by atoms with Crippen LogP contribution in [0.15, 0.2) is 66.6 Å². The van der Waals surface area contributed by atoms with Crippen molar-refractivity contribution in [1.82, 2.24) is 15.8 Å². The van der Waals surface area contributed by atoms with Crippen molar-refractivity contribution in [1.29, 1.82) is 0 Å². The zero-order valence-electron chi connectivity index (χ0n) is 11.5. The van der Waals surface area contributed by atoms with E-state index in [1.165, 1.54) is 18.5 Å². The minimum atomic E-state index is -0.294. The van der Waals surface area contributed by atoms with E-state index in [1.807, 2.05) is 6.07 Å². The van der Waals surface area contributed by atoms with Crippen LogP contribution in [0.2, 0.25) is 0 Å². The Hall–Kier alpha value is -2.95. The summed E-state index contributed by atoms with van der Waals surface area (Å²) in [7, 11) is 0. The zero-order valence-corrected chi connectivity index (χ0v) is 11.5. The number of allylic oxidation sites excluding steroid dienone is 2. The van der Waals surface area contributed by atoms with Gasteiger partial charge in [-0.25, -0.2) is 0 Å². The Kier molecular flexibility index (Phi) is 4.82. The molecule has 0 saturated carbocycles. The molecule has 5 heteroatoms. The fraction of sp³-hybridized carbons (Fsp3) is 0.0625. The lowest BCUT2D eigenvalue weighted by atomic mass is 10.1. The summed E-state index contributed by atoms with van der Waals surface area (Å²) in [5, 5.41) is 0. The van der Waals surface area contributed by atoms with Crippen LogP contribution in [0.3, 0.4) is 0 Å². The molecule has 0 unspecified atom stereocenters. The molecular weight excluding hydrogens is 266 g/mol. The lowest BCUT2D eigenvalue weighted by Crippen LogP contribution is -2.36. The molecule has 1 amide bonds. The van der Waals surface area contributed by atoms with Crippen LogP contribution in [0, 0.1) is 0 Å². The first-order valence-electron chi connectivity index (χ1n) is 6.41. The van der Waals surface area contributed by atoms with Gasteiger partial charge in [0.2, 0.25) is 0 Å². The number of amides is 1. The Balaban J connectivity index is 1.93. The van der Waals surface area contributed by atoms with E-state index in [9.17, 15) is 9.59 Å². The van der Waals surface area contributed by atoms with Gasteiger partial charge in [-0.05, 0) is 19.1 Å². The average Bonchev–Trinajstić information content (AvgIpc) is 2.54. The number of nitrogens with one attached hydrogen (secondary N) is 2. The number of hydrogen-bond donors (Lipinski definition) is 2. The van der Waals surface area contributed by atoms with Gasteiger partial charge in [0.15, 0.2) is 5.78 Å². The van der Waals surface area contributed by atoms with Crippen LogP contribution in [-0.2, 0) is 0 Å². The van der Waals surface area contributed by atoms with Crippen molar-refractivity contribution in [3.05, 3.63) is 77.8 Å². The molecule has 0 aliphatic rings. The number of rotatable bonds is 5. The van der Waals surface area contributed by atoms with Gasteiger partial charge >= 0.3 is 0 Å². The van der Waals surface area contributed by atoms with Crippen molar-refractivity contribution in [2.75, 3.05) is 0 Å². The number of carbonyl (C=O) groups is 2. The van der Waals surface area contributed by atoms with Gasteiger partial charge in [0.25, 0.3) is 5.91 Å². The molecule has 2 aromatic rings. The molecule has 5 nitrogen and oxygen atoms in total. The zero-order chi connectivity index (χ0) is 15.1. The van der Waals surface area contributed by atoms with Crippen LogP contribution < -0.4 is 10.9 Å². The van der Waals surface area contributed by atoms with Crippen molar-refractivity contribution in [2.45, 2.75) is 6.92 Å². The second-order valence-corrected chi connectivity index (χ2v) is 4.37. The number of hydrazine groups is 1. The number of aromatic nitrogens is 1. The SMILES string of the molecule is CC(=CC(=O)c1ccccc1)NNC(=O)c1ccncc1. The summed E-state index contributed by atoms with van der Waals surface area (Å²) in [6, 6.07) is 12.1. The van der Waals surface area contributed by atoms with Gasteiger partial charge < -0.3 is 5.43 Å². The van der Waals surface area contributed by atoms with Gasteiger partial charge in [-0.2, -0.15) is 0 Å². The van der Waals surface area contributed by atoms with Crippen LogP contribution >= 0.6 is 0 Å². The number of nitrogens with zero attached hydrogens (tertiary/aromatic N) is 1. The summed E-state index contributed by atoms with van der Waals surface area (Å²) in [6.07, 6.45) is 4.51. The minimum absolute atomic E-state index is 0.126. The number of pyridine rings is 1. The highest BCUT2D eigenvalue weighted by molar-refractivity contribution is 6.04. The number of hydrogen-bond acceptors (Lipinski definition) is 4. The van der Waals surface area contributed by atoms with Gasteiger partial charge in [-0.15, -0.1) is 0 Å². The predicted octanol–water partition coefficient (Wildman–Crippen LogP) is 2.10. The Morgan fingerprint density at radius 1 is 0.952 bits per heavy atom. The maximum atomic E-state index is 11.9. The van der Waals surface area contributed by atoms with Crippen molar-refractivity contribution in [3.63, 3.8) is 0 Å². The summed E-state index contributed by atoms with van der Waals surface area (Å²) < 4.78 is 0. The largest absolute Gasteiger partial charge is 0.303 e. The summed E-state index contributed by atoms with van der Waals surface area (Å²) in [4.78, 5) is 27.6. The van der Waals surface area contributed by atoms with E-state index in [-0.39, 0.29) is 11.7 Å². The molecule has 0 aliphatic carbocycles. The molecule has 0 spiro atoms. The topological polar surface area (TPSA) is 71.1 Å². The molecule has 0 radical (unpaired) electrons. The van der Waals surface area contributed by atoms with Crippen LogP contribution in [0.4, 0.5) is 0 Å². The van der Waals surface area contributed by atoms with E-state index in [1.54, 1.807) is 43.3 Å². The summed E-state index contributed by atoms with van der Waals surface area (Å²) >= 11 is 0. The Bertz CT molecular complexity index is 652. The number of carbonyl (C=O) groups excluding carboxylic acids is 2. The predicted molar refractivity (Wildman–Crippen MR) is 79.4 cm³/mol. The normalized spacial score (nSPS) is 10.8. The number of ketones is 1. The standard InChI is InChI=1S/C16H15N3O2/c1-12(11-15(20)13-5-3-2-4-6-13)18-19-16(21)14-7-9-17-10-8-14/h2-11,18H,1H3,(H,19,21). The van der Waals surface area contributed by atoms with Crippen molar-refractivity contribution in [3.8, 4) is 0 Å². The molecule has 0 saturated heterocycles. The molecule has 1 aromatic heterocycles. The highest BCUT2D eigenvalue weighted by Gasteiger charge is 2.05. The molecule has 1 aromatic carbocycles. The molecule has 106 valence electrons. The Morgan fingerprint density at radius 2 is 1.62 bits per heavy atom. The average molecular weight is 281 g/mol. The lowest BCUT2D eigenvalue weighted by Gasteiger charge is -2.08. The maximum absolute atomic E-state index is 11.9.